The van der Waals surface area contributed by atoms with Crippen LogP contribution in [0.25, 0.3) is 10.8 Å². The summed E-state index contributed by atoms with van der Waals surface area (Å²) in [5, 5.41) is 12.0. The highest BCUT2D eigenvalue weighted by molar-refractivity contribution is 5.88. The van der Waals surface area contributed by atoms with Crippen molar-refractivity contribution in [2.24, 2.45) is 5.41 Å². The summed E-state index contributed by atoms with van der Waals surface area (Å²) >= 11 is 0. The van der Waals surface area contributed by atoms with Crippen LogP contribution in [0, 0.1) is 5.41 Å². The van der Waals surface area contributed by atoms with E-state index >= 15 is 0 Å². The van der Waals surface area contributed by atoms with Gasteiger partial charge in [-0.2, -0.15) is 0 Å². The van der Waals surface area contributed by atoms with Gasteiger partial charge in [0.1, 0.15) is 11.9 Å². The lowest BCUT2D eigenvalue weighted by Crippen LogP contribution is -2.37. The van der Waals surface area contributed by atoms with E-state index < -0.39 is 0 Å². The summed E-state index contributed by atoms with van der Waals surface area (Å²) in [7, 11) is 0. The Kier molecular flexibility index (Phi) is 3.15. The van der Waals surface area contributed by atoms with Gasteiger partial charge >= 0.3 is 5.97 Å². The van der Waals surface area contributed by atoms with Gasteiger partial charge in [0.25, 0.3) is 0 Å². The lowest BCUT2D eigenvalue weighted by Gasteiger charge is -2.41. The highest BCUT2D eigenvalue weighted by Gasteiger charge is 2.51. The molecule has 1 saturated carbocycles. The molecule has 2 aliphatic rings. The number of benzene rings is 2. The van der Waals surface area contributed by atoms with Crippen LogP contribution in [-0.4, -0.2) is 17.2 Å². The van der Waals surface area contributed by atoms with Crippen molar-refractivity contribution in [3.05, 3.63) is 41.5 Å². The summed E-state index contributed by atoms with van der Waals surface area (Å²) in [6.45, 7) is 3.79. The van der Waals surface area contributed by atoms with Gasteiger partial charge in [0, 0.05) is 12.3 Å². The largest absolute Gasteiger partial charge is 0.508 e. The van der Waals surface area contributed by atoms with E-state index in [1.807, 2.05) is 12.1 Å². The molecule has 0 amide bonds. The van der Waals surface area contributed by atoms with Crippen LogP contribution in [0.2, 0.25) is 0 Å². The standard InChI is InChI=1S/C20H22O3/c1-12(21)23-19-8-7-18-17-5-3-13-11-14(22)4-6-15(13)16(17)9-10-20(18,19)2/h3-6,11,18-19,22H,7-10H2,1-2H3/t18-,19+,20-/m0/s1. The van der Waals surface area contributed by atoms with Gasteiger partial charge in [-0.15, -0.1) is 0 Å². The molecular weight excluding hydrogens is 288 g/mol. The third kappa shape index (κ3) is 2.13. The van der Waals surface area contributed by atoms with Crippen molar-refractivity contribution < 1.29 is 14.6 Å². The summed E-state index contributed by atoms with van der Waals surface area (Å²) in [6.07, 6.45) is 4.11. The summed E-state index contributed by atoms with van der Waals surface area (Å²) in [4.78, 5) is 11.4. The van der Waals surface area contributed by atoms with Crippen molar-refractivity contribution >= 4 is 16.7 Å². The first kappa shape index (κ1) is 14.6. The van der Waals surface area contributed by atoms with Crippen LogP contribution in [0.3, 0.4) is 0 Å². The number of carbonyl (C=O) groups excluding carboxylic acids is 1. The number of fused-ring (bicyclic) bond motifs is 5. The molecule has 1 N–H and O–H groups in total. The summed E-state index contributed by atoms with van der Waals surface area (Å²) in [5.41, 5.74) is 2.86. The topological polar surface area (TPSA) is 46.5 Å². The zero-order chi connectivity index (χ0) is 16.2. The van der Waals surface area contributed by atoms with Crippen molar-refractivity contribution in [2.45, 2.75) is 51.6 Å². The highest BCUT2D eigenvalue weighted by Crippen LogP contribution is 2.57. The molecule has 2 aromatic carbocycles. The third-order valence-corrected chi connectivity index (χ3v) is 6.00. The molecule has 0 aliphatic heterocycles. The molecule has 0 saturated heterocycles. The maximum absolute atomic E-state index is 11.4. The first-order valence-electron chi connectivity index (χ1n) is 8.41. The lowest BCUT2D eigenvalue weighted by molar-refractivity contribution is -0.152. The van der Waals surface area contributed by atoms with Gasteiger partial charge in [-0.25, -0.2) is 0 Å². The van der Waals surface area contributed by atoms with Gasteiger partial charge in [-0.05, 0) is 65.6 Å². The molecule has 3 nitrogen and oxygen atoms in total. The number of carbonyl (C=O) groups is 1. The normalized spacial score (nSPS) is 29.1. The van der Waals surface area contributed by atoms with Crippen LogP contribution >= 0.6 is 0 Å². The molecule has 3 atom stereocenters. The Morgan fingerprint density at radius 1 is 1.26 bits per heavy atom. The SMILES string of the molecule is CC(=O)O[C@@H]1CC[C@H]2c3ccc4cc(O)ccc4c3CC[C@]12C. The van der Waals surface area contributed by atoms with Gasteiger partial charge < -0.3 is 9.84 Å². The minimum absolute atomic E-state index is 0.0358. The molecule has 2 aromatic rings. The minimum Gasteiger partial charge on any atom is -0.508 e. The van der Waals surface area contributed by atoms with E-state index in [2.05, 4.69) is 19.1 Å². The average molecular weight is 310 g/mol. The van der Waals surface area contributed by atoms with Crippen molar-refractivity contribution in [3.8, 4) is 5.75 Å². The number of esters is 1. The molecule has 0 bridgehead atoms. The predicted molar refractivity (Wildman–Crippen MR) is 89.6 cm³/mol. The monoisotopic (exact) mass is 310 g/mol. The summed E-state index contributed by atoms with van der Waals surface area (Å²) in [5.74, 6) is 0.597. The second kappa shape index (κ2) is 4.98. The first-order chi connectivity index (χ1) is 11.0. The number of rotatable bonds is 1. The molecule has 3 heteroatoms. The van der Waals surface area contributed by atoms with Crippen LogP contribution in [0.1, 0.15) is 50.2 Å². The van der Waals surface area contributed by atoms with Gasteiger partial charge in [-0.3, -0.25) is 4.79 Å². The molecule has 0 radical (unpaired) electrons. The molecule has 0 heterocycles. The van der Waals surface area contributed by atoms with Gasteiger partial charge in [0.2, 0.25) is 0 Å². The van der Waals surface area contributed by atoms with Crippen LogP contribution in [-0.2, 0) is 16.0 Å². The fraction of sp³-hybridized carbons (Fsp3) is 0.450. The fourth-order valence-electron chi connectivity index (χ4n) is 4.84. The molecule has 0 aromatic heterocycles. The zero-order valence-electron chi connectivity index (χ0n) is 13.6. The Hall–Kier alpha value is -2.03. The Labute approximate surface area is 136 Å². The van der Waals surface area contributed by atoms with Gasteiger partial charge in [0.05, 0.1) is 0 Å². The highest BCUT2D eigenvalue weighted by atomic mass is 16.5. The summed E-state index contributed by atoms with van der Waals surface area (Å²) in [6, 6.07) is 9.96. The molecule has 0 unspecified atom stereocenters. The van der Waals surface area contributed by atoms with Crippen LogP contribution < -0.4 is 0 Å². The zero-order valence-corrected chi connectivity index (χ0v) is 13.6. The number of phenolic OH excluding ortho intramolecular Hbond substituents is 1. The number of ether oxygens (including phenoxy) is 1. The third-order valence-electron chi connectivity index (χ3n) is 6.00. The number of aromatic hydroxyl groups is 1. The van der Waals surface area contributed by atoms with E-state index in [9.17, 15) is 9.90 Å². The van der Waals surface area contributed by atoms with E-state index in [0.29, 0.717) is 11.7 Å². The number of phenols is 1. The maximum Gasteiger partial charge on any atom is 0.302 e. The predicted octanol–water partition coefficient (Wildman–Crippen LogP) is 4.31. The van der Waals surface area contributed by atoms with Crippen molar-refractivity contribution in [1.29, 1.82) is 0 Å². The quantitative estimate of drug-likeness (QED) is 0.799. The number of hydrogen-bond donors (Lipinski definition) is 1. The molecule has 120 valence electrons. The Balaban J connectivity index is 1.80. The Morgan fingerprint density at radius 3 is 2.87 bits per heavy atom. The molecule has 0 spiro atoms. The van der Waals surface area contributed by atoms with E-state index in [-0.39, 0.29) is 17.5 Å². The molecular formula is C20H22O3. The van der Waals surface area contributed by atoms with Crippen molar-refractivity contribution in [2.75, 3.05) is 0 Å². The molecule has 1 fully saturated rings. The smallest absolute Gasteiger partial charge is 0.302 e. The van der Waals surface area contributed by atoms with E-state index in [0.717, 1.165) is 31.1 Å². The molecule has 23 heavy (non-hydrogen) atoms. The second-order valence-corrected chi connectivity index (χ2v) is 7.27. The van der Waals surface area contributed by atoms with Crippen LogP contribution in [0.15, 0.2) is 30.3 Å². The van der Waals surface area contributed by atoms with Gasteiger partial charge in [0.15, 0.2) is 0 Å². The van der Waals surface area contributed by atoms with E-state index in [4.69, 9.17) is 4.74 Å². The minimum atomic E-state index is -0.170. The lowest BCUT2D eigenvalue weighted by atomic mass is 9.65. The number of hydrogen-bond acceptors (Lipinski definition) is 3. The number of aryl methyl sites for hydroxylation is 1. The summed E-state index contributed by atoms with van der Waals surface area (Å²) < 4.78 is 5.63. The van der Waals surface area contributed by atoms with E-state index in [1.54, 1.807) is 6.07 Å². The Bertz CT molecular complexity index is 795. The van der Waals surface area contributed by atoms with Crippen molar-refractivity contribution in [3.63, 3.8) is 0 Å². The first-order valence-corrected chi connectivity index (χ1v) is 8.41. The van der Waals surface area contributed by atoms with E-state index in [1.165, 1.54) is 23.4 Å². The Morgan fingerprint density at radius 2 is 2.09 bits per heavy atom. The van der Waals surface area contributed by atoms with Crippen LogP contribution in [0.5, 0.6) is 5.75 Å². The fourth-order valence-corrected chi connectivity index (χ4v) is 4.84. The maximum atomic E-state index is 11.4. The molecule has 2 aliphatic carbocycles. The van der Waals surface area contributed by atoms with Gasteiger partial charge in [-0.1, -0.05) is 25.1 Å². The average Bonchev–Trinajstić information content (AvgIpc) is 2.83. The van der Waals surface area contributed by atoms with Crippen molar-refractivity contribution in [1.82, 2.24) is 0 Å². The second-order valence-electron chi connectivity index (χ2n) is 7.27. The van der Waals surface area contributed by atoms with Crippen LogP contribution in [0.4, 0.5) is 0 Å². The molecule has 4 rings (SSSR count).